The van der Waals surface area contributed by atoms with Crippen LogP contribution < -0.4 is 33.8 Å². The molecule has 0 amide bonds. The second kappa shape index (κ2) is 13.5. The van der Waals surface area contributed by atoms with E-state index >= 15 is 0 Å². The summed E-state index contributed by atoms with van der Waals surface area (Å²) in [7, 11) is 3.01. The maximum absolute atomic E-state index is 13.9. The zero-order valence-corrected chi connectivity index (χ0v) is 25.3. The van der Waals surface area contributed by atoms with Gasteiger partial charge in [0, 0.05) is 6.92 Å². The highest BCUT2D eigenvalue weighted by atomic mass is 32.1. The van der Waals surface area contributed by atoms with E-state index in [0.717, 1.165) is 18.4 Å². The number of rotatable bonds is 11. The molecule has 3 aromatic rings. The summed E-state index contributed by atoms with van der Waals surface area (Å²) in [6.45, 7) is 7.54. The highest BCUT2D eigenvalue weighted by Gasteiger charge is 2.34. The molecule has 0 radical (unpaired) electrons. The van der Waals surface area contributed by atoms with Crippen LogP contribution in [0, 0.1) is 0 Å². The summed E-state index contributed by atoms with van der Waals surface area (Å²) in [6.07, 6.45) is 3.70. The maximum atomic E-state index is 13.9. The van der Waals surface area contributed by atoms with Crippen LogP contribution in [0.4, 0.5) is 0 Å². The van der Waals surface area contributed by atoms with E-state index in [1.807, 2.05) is 18.2 Å². The molecular formula is C31H34N2O8S. The van der Waals surface area contributed by atoms with Crippen LogP contribution in [0.2, 0.25) is 0 Å². The number of unbranched alkanes of at least 4 members (excludes halogenated alkanes) is 1. The van der Waals surface area contributed by atoms with Crippen molar-refractivity contribution in [3.63, 3.8) is 0 Å². The molecule has 0 saturated carbocycles. The predicted molar refractivity (Wildman–Crippen MR) is 158 cm³/mol. The van der Waals surface area contributed by atoms with Gasteiger partial charge in [-0.05, 0) is 61.7 Å². The largest absolute Gasteiger partial charge is 0.493 e. The number of benzene rings is 2. The summed E-state index contributed by atoms with van der Waals surface area (Å²) in [6, 6.07) is 9.52. The highest BCUT2D eigenvalue weighted by Crippen LogP contribution is 2.36. The van der Waals surface area contributed by atoms with Gasteiger partial charge in [0.2, 0.25) is 0 Å². The van der Waals surface area contributed by atoms with Crippen LogP contribution in [0.15, 0.2) is 57.5 Å². The third kappa shape index (κ3) is 6.41. The first-order chi connectivity index (χ1) is 20.2. The summed E-state index contributed by atoms with van der Waals surface area (Å²) in [5.74, 6) is 0.599. The second-order valence-electron chi connectivity index (χ2n) is 9.42. The molecule has 0 fully saturated rings. The molecule has 2 heterocycles. The van der Waals surface area contributed by atoms with Gasteiger partial charge in [0.05, 0.1) is 49.3 Å². The van der Waals surface area contributed by atoms with Crippen LogP contribution >= 0.6 is 11.3 Å². The monoisotopic (exact) mass is 594 g/mol. The number of ether oxygens (including phenoxy) is 5. The van der Waals surface area contributed by atoms with Crippen molar-refractivity contribution >= 4 is 29.4 Å². The molecule has 4 rings (SSSR count). The number of carbonyl (C=O) groups is 2. The van der Waals surface area contributed by atoms with Gasteiger partial charge in [-0.25, -0.2) is 9.79 Å². The van der Waals surface area contributed by atoms with Crippen LogP contribution in [-0.2, 0) is 14.3 Å². The van der Waals surface area contributed by atoms with Gasteiger partial charge in [0.25, 0.3) is 5.56 Å². The van der Waals surface area contributed by atoms with Gasteiger partial charge in [-0.1, -0.05) is 36.8 Å². The first-order valence-corrected chi connectivity index (χ1v) is 14.4. The zero-order valence-electron chi connectivity index (χ0n) is 24.5. The normalized spacial score (nSPS) is 14.6. The Hall–Kier alpha value is -4.38. The molecule has 0 bridgehead atoms. The van der Waals surface area contributed by atoms with Gasteiger partial charge in [-0.15, -0.1) is 0 Å². The molecule has 1 aliphatic rings. The van der Waals surface area contributed by atoms with E-state index in [4.69, 9.17) is 23.7 Å². The Labute approximate surface area is 247 Å². The van der Waals surface area contributed by atoms with E-state index in [1.165, 1.54) is 29.9 Å². The fourth-order valence-corrected chi connectivity index (χ4v) is 5.62. The lowest BCUT2D eigenvalue weighted by Gasteiger charge is -2.25. The number of hydrogen-bond acceptors (Lipinski definition) is 10. The minimum Gasteiger partial charge on any atom is -0.493 e. The zero-order chi connectivity index (χ0) is 30.4. The Morgan fingerprint density at radius 3 is 2.40 bits per heavy atom. The van der Waals surface area contributed by atoms with E-state index in [2.05, 4.69) is 11.9 Å². The van der Waals surface area contributed by atoms with Gasteiger partial charge in [0.15, 0.2) is 27.8 Å². The number of allylic oxidation sites excluding steroid dienone is 1. The molecule has 0 unspecified atom stereocenters. The summed E-state index contributed by atoms with van der Waals surface area (Å²) in [5.41, 5.74) is 1.63. The molecule has 222 valence electrons. The van der Waals surface area contributed by atoms with Crippen LogP contribution in [0.1, 0.15) is 57.7 Å². The average Bonchev–Trinajstić information content (AvgIpc) is 3.26. The molecule has 11 heteroatoms. The summed E-state index contributed by atoms with van der Waals surface area (Å²) >= 11 is 1.21. The molecule has 1 aromatic heterocycles. The summed E-state index contributed by atoms with van der Waals surface area (Å²) < 4.78 is 29.3. The number of methoxy groups -OCH3 is 2. The van der Waals surface area contributed by atoms with Gasteiger partial charge in [-0.3, -0.25) is 14.2 Å². The third-order valence-corrected chi connectivity index (χ3v) is 7.50. The van der Waals surface area contributed by atoms with E-state index in [9.17, 15) is 14.4 Å². The molecule has 0 spiro atoms. The second-order valence-corrected chi connectivity index (χ2v) is 10.4. The molecule has 0 aliphatic carbocycles. The molecule has 1 aliphatic heterocycles. The number of fused-ring (bicyclic) bond motifs is 1. The van der Waals surface area contributed by atoms with Gasteiger partial charge < -0.3 is 23.7 Å². The van der Waals surface area contributed by atoms with Crippen molar-refractivity contribution in [2.24, 2.45) is 4.99 Å². The molecule has 1 atom stereocenters. The topological polar surface area (TPSA) is 115 Å². The minimum absolute atomic E-state index is 0.154. The number of aromatic nitrogens is 1. The van der Waals surface area contributed by atoms with E-state index in [1.54, 1.807) is 45.2 Å². The Kier molecular flexibility index (Phi) is 9.84. The smallest absolute Gasteiger partial charge is 0.338 e. The number of nitrogens with zero attached hydrogens (tertiary/aromatic N) is 2. The van der Waals surface area contributed by atoms with Gasteiger partial charge >= 0.3 is 11.9 Å². The first kappa shape index (κ1) is 30.6. The quantitative estimate of drug-likeness (QED) is 0.187. The van der Waals surface area contributed by atoms with Gasteiger partial charge in [0.1, 0.15) is 0 Å². The summed E-state index contributed by atoms with van der Waals surface area (Å²) in [5, 5.41) is 0. The van der Waals surface area contributed by atoms with Crippen LogP contribution in [-0.4, -0.2) is 43.9 Å². The fourth-order valence-electron chi connectivity index (χ4n) is 4.57. The van der Waals surface area contributed by atoms with Crippen molar-refractivity contribution in [3.05, 3.63) is 78.5 Å². The number of hydrogen-bond donors (Lipinski definition) is 0. The Morgan fingerprint density at radius 1 is 1.02 bits per heavy atom. The highest BCUT2D eigenvalue weighted by molar-refractivity contribution is 7.07. The summed E-state index contributed by atoms with van der Waals surface area (Å²) in [4.78, 5) is 43.8. The molecule has 0 saturated heterocycles. The maximum Gasteiger partial charge on any atom is 0.338 e. The third-order valence-electron chi connectivity index (χ3n) is 6.52. The first-order valence-electron chi connectivity index (χ1n) is 13.6. The van der Waals surface area contributed by atoms with E-state index in [0.29, 0.717) is 38.7 Å². The lowest BCUT2D eigenvalue weighted by molar-refractivity contribution is -0.139. The Balaban J connectivity index is 1.86. The van der Waals surface area contributed by atoms with Gasteiger partial charge in [-0.2, -0.15) is 0 Å². The van der Waals surface area contributed by atoms with Crippen molar-refractivity contribution in [3.8, 4) is 23.0 Å². The molecule has 42 heavy (non-hydrogen) atoms. The number of carbonyl (C=O) groups excluding carboxylic acids is 2. The SMILES string of the molecule is CCCCOc1ccc(/C=c2\sc3n(c2=O)[C@H](c2ccc(OC(C)=O)c(OC)c2)C(C(=O)OCC)=C(C)N=3)cc1OC. The molecule has 0 N–H and O–H groups in total. The molecule has 2 aromatic carbocycles. The van der Waals surface area contributed by atoms with Crippen molar-refractivity contribution < 1.29 is 33.3 Å². The van der Waals surface area contributed by atoms with Crippen molar-refractivity contribution in [2.75, 3.05) is 27.4 Å². The Bertz CT molecular complexity index is 1700. The van der Waals surface area contributed by atoms with Crippen LogP contribution in [0.5, 0.6) is 23.0 Å². The average molecular weight is 595 g/mol. The number of thiazole rings is 1. The molecule has 10 nitrogen and oxygen atoms in total. The lowest BCUT2D eigenvalue weighted by Crippen LogP contribution is -2.40. The molecular weight excluding hydrogens is 560 g/mol. The standard InChI is InChI=1S/C31H34N2O8S/c1-7-9-14-40-22-12-10-20(15-24(22)37-5)16-26-29(35)33-28(21-11-13-23(41-19(4)34)25(17-21)38-6)27(30(36)39-8-2)18(3)32-31(33)42-26/h10-13,15-17,28H,7-9,14H2,1-6H3/b26-16-/t28-/m1/s1. The predicted octanol–water partition coefficient (Wildman–Crippen LogP) is 3.92. The minimum atomic E-state index is -0.855. The van der Waals surface area contributed by atoms with Crippen LogP contribution in [0.3, 0.4) is 0 Å². The fraction of sp³-hybridized carbons (Fsp3) is 0.355. The van der Waals surface area contributed by atoms with Crippen molar-refractivity contribution in [2.45, 2.75) is 46.6 Å². The number of esters is 2. The van der Waals surface area contributed by atoms with Crippen molar-refractivity contribution in [1.29, 1.82) is 0 Å². The van der Waals surface area contributed by atoms with Crippen LogP contribution in [0.25, 0.3) is 6.08 Å². The van der Waals surface area contributed by atoms with E-state index < -0.39 is 18.0 Å². The van der Waals surface area contributed by atoms with Crippen molar-refractivity contribution in [1.82, 2.24) is 4.57 Å². The lowest BCUT2D eigenvalue weighted by atomic mass is 9.95. The Morgan fingerprint density at radius 2 is 1.74 bits per heavy atom. The van der Waals surface area contributed by atoms with E-state index in [-0.39, 0.29) is 29.2 Å².